The second-order valence-electron chi connectivity index (χ2n) is 6.85. The molecular weight excluding hydrogens is 372 g/mol. The highest BCUT2D eigenvalue weighted by Crippen LogP contribution is 2.36. The summed E-state index contributed by atoms with van der Waals surface area (Å²) >= 11 is 0. The fraction of sp³-hybridized carbons (Fsp3) is 0.391. The van der Waals surface area contributed by atoms with Crippen molar-refractivity contribution in [3.63, 3.8) is 0 Å². The fourth-order valence-electron chi connectivity index (χ4n) is 3.16. The van der Waals surface area contributed by atoms with Gasteiger partial charge in [0.15, 0.2) is 11.9 Å². The van der Waals surface area contributed by atoms with E-state index < -0.39 is 23.8 Å². The first-order chi connectivity index (χ1) is 14.0. The van der Waals surface area contributed by atoms with Crippen molar-refractivity contribution in [2.75, 3.05) is 13.2 Å². The van der Waals surface area contributed by atoms with Gasteiger partial charge in [0.25, 0.3) is 0 Å². The largest absolute Gasteiger partial charge is 0.451 e. The van der Waals surface area contributed by atoms with E-state index in [0.29, 0.717) is 19.6 Å². The third-order valence-electron chi connectivity index (χ3n) is 4.54. The molecule has 0 aromatic heterocycles. The molecule has 3 rings (SSSR count). The van der Waals surface area contributed by atoms with E-state index in [1.165, 1.54) is 6.08 Å². The van der Waals surface area contributed by atoms with Gasteiger partial charge in [-0.25, -0.2) is 9.59 Å². The summed E-state index contributed by atoms with van der Waals surface area (Å²) < 4.78 is 21.7. The Morgan fingerprint density at radius 1 is 1.24 bits per heavy atom. The van der Waals surface area contributed by atoms with Crippen LogP contribution in [0.15, 0.2) is 54.1 Å². The Bertz CT molecular complexity index is 837. The predicted molar refractivity (Wildman–Crippen MR) is 105 cm³/mol. The Hall–Kier alpha value is -2.88. The maximum Gasteiger partial charge on any atom is 0.384 e. The molecule has 2 aliphatic rings. The van der Waals surface area contributed by atoms with E-state index in [0.717, 1.165) is 24.0 Å². The number of carbonyl (C=O) groups is 2. The van der Waals surface area contributed by atoms with Crippen LogP contribution in [-0.4, -0.2) is 37.0 Å². The molecule has 0 N–H and O–H groups in total. The molecule has 1 spiro atoms. The Kier molecular flexibility index (Phi) is 7.23. The third kappa shape index (κ3) is 6.60. The van der Waals surface area contributed by atoms with Crippen LogP contribution < -0.4 is 0 Å². The zero-order chi connectivity index (χ0) is 20.5. The molecule has 0 unspecified atom stereocenters. The molecule has 1 aromatic rings. The lowest BCUT2D eigenvalue weighted by Crippen LogP contribution is -2.32. The minimum absolute atomic E-state index is 0.148. The lowest BCUT2D eigenvalue weighted by atomic mass is 9.93. The number of esters is 2. The fourth-order valence-corrected chi connectivity index (χ4v) is 3.16. The van der Waals surface area contributed by atoms with Crippen LogP contribution in [-0.2, 0) is 35.1 Å². The molecule has 1 saturated heterocycles. The van der Waals surface area contributed by atoms with Gasteiger partial charge in [-0.2, -0.15) is 0 Å². The molecule has 1 aromatic carbocycles. The molecule has 152 valence electrons. The van der Waals surface area contributed by atoms with E-state index in [1.807, 2.05) is 30.3 Å². The molecule has 6 heteroatoms. The Morgan fingerprint density at radius 3 is 2.76 bits per heavy atom. The van der Waals surface area contributed by atoms with E-state index >= 15 is 0 Å². The molecule has 0 radical (unpaired) electrons. The molecule has 1 fully saturated rings. The number of carbonyl (C=O) groups excluding carboxylic acids is 2. The summed E-state index contributed by atoms with van der Waals surface area (Å²) in [7, 11) is 0. The summed E-state index contributed by atoms with van der Waals surface area (Å²) in [5, 5.41) is 0. The summed E-state index contributed by atoms with van der Waals surface area (Å²) in [4.78, 5) is 23.7. The number of allylic oxidation sites excluding steroid dienone is 2. The molecule has 0 bridgehead atoms. The van der Waals surface area contributed by atoms with Gasteiger partial charge in [-0.3, -0.25) is 0 Å². The molecule has 6 nitrogen and oxygen atoms in total. The van der Waals surface area contributed by atoms with Crippen molar-refractivity contribution in [1.29, 1.82) is 0 Å². The van der Waals surface area contributed by atoms with Gasteiger partial charge in [-0.05, 0) is 30.4 Å². The van der Waals surface area contributed by atoms with Crippen molar-refractivity contribution in [1.82, 2.24) is 0 Å². The molecular formula is C23H24O6. The predicted octanol–water partition coefficient (Wildman–Crippen LogP) is 3.07. The highest BCUT2D eigenvalue weighted by Gasteiger charge is 2.38. The molecule has 0 saturated carbocycles. The highest BCUT2D eigenvalue weighted by atomic mass is 16.7. The maximum atomic E-state index is 12.0. The van der Waals surface area contributed by atoms with Crippen LogP contribution in [0.3, 0.4) is 0 Å². The van der Waals surface area contributed by atoms with E-state index in [-0.39, 0.29) is 6.61 Å². The lowest BCUT2D eigenvalue weighted by molar-refractivity contribution is -0.162. The molecule has 0 amide bonds. The number of rotatable bonds is 5. The average molecular weight is 396 g/mol. The number of hydrogen-bond acceptors (Lipinski definition) is 6. The summed E-state index contributed by atoms with van der Waals surface area (Å²) in [6.45, 7) is 2.94. The minimum Gasteiger partial charge on any atom is -0.451 e. The summed E-state index contributed by atoms with van der Waals surface area (Å²) in [5.74, 6) is 3.17. The van der Waals surface area contributed by atoms with E-state index in [1.54, 1.807) is 13.0 Å². The van der Waals surface area contributed by atoms with E-state index in [4.69, 9.17) is 18.9 Å². The zero-order valence-electron chi connectivity index (χ0n) is 16.4. The van der Waals surface area contributed by atoms with Crippen LogP contribution >= 0.6 is 0 Å². The maximum absolute atomic E-state index is 12.0. The number of ether oxygens (including phenoxy) is 4. The van der Waals surface area contributed by atoms with Gasteiger partial charge in [-0.1, -0.05) is 42.5 Å². The van der Waals surface area contributed by atoms with Crippen LogP contribution in [0.25, 0.3) is 0 Å². The van der Waals surface area contributed by atoms with Crippen molar-refractivity contribution in [2.45, 2.75) is 44.7 Å². The van der Waals surface area contributed by atoms with Crippen LogP contribution in [0.5, 0.6) is 0 Å². The van der Waals surface area contributed by atoms with Crippen molar-refractivity contribution in [2.24, 2.45) is 0 Å². The van der Waals surface area contributed by atoms with Gasteiger partial charge in [0.2, 0.25) is 0 Å². The second-order valence-corrected chi connectivity index (χ2v) is 6.85. The Labute approximate surface area is 170 Å². The molecule has 1 aliphatic carbocycles. The smallest absolute Gasteiger partial charge is 0.384 e. The SMILES string of the molecule is C[C@H](C#CC(=O)OCc1ccccc1)OC(=O)C=CC1=CCCC2(C1)OCCO2. The van der Waals surface area contributed by atoms with Crippen LogP contribution in [0.2, 0.25) is 0 Å². The first-order valence-electron chi connectivity index (χ1n) is 9.63. The van der Waals surface area contributed by atoms with Gasteiger partial charge in [0.05, 0.1) is 13.2 Å². The lowest BCUT2D eigenvalue weighted by Gasteiger charge is -2.30. The molecule has 1 aliphatic heterocycles. The van der Waals surface area contributed by atoms with Crippen LogP contribution in [0.1, 0.15) is 31.7 Å². The van der Waals surface area contributed by atoms with Crippen molar-refractivity contribution < 1.29 is 28.5 Å². The Morgan fingerprint density at radius 2 is 2.00 bits per heavy atom. The Balaban J connectivity index is 1.42. The van der Waals surface area contributed by atoms with Crippen LogP contribution in [0, 0.1) is 11.8 Å². The minimum atomic E-state index is -0.732. The van der Waals surface area contributed by atoms with Crippen LogP contribution in [0.4, 0.5) is 0 Å². The first kappa shape index (κ1) is 20.8. The number of hydrogen-bond donors (Lipinski definition) is 0. The standard InChI is InChI=1S/C23H24O6/c1-18(9-11-21(24)26-17-20-6-3-2-4-7-20)29-22(25)12-10-19-8-5-13-23(16-19)27-14-15-28-23/h2-4,6-8,10,12,18H,5,13-17H2,1H3/t18-/m1/s1. The third-order valence-corrected chi connectivity index (χ3v) is 4.54. The van der Waals surface area contributed by atoms with Gasteiger partial charge in [-0.15, -0.1) is 0 Å². The average Bonchev–Trinajstić information content (AvgIpc) is 3.17. The molecule has 29 heavy (non-hydrogen) atoms. The van der Waals surface area contributed by atoms with Crippen molar-refractivity contribution in [3.05, 3.63) is 59.7 Å². The van der Waals surface area contributed by atoms with Gasteiger partial charge in [0, 0.05) is 24.8 Å². The second kappa shape index (κ2) is 10.1. The van der Waals surface area contributed by atoms with Gasteiger partial charge >= 0.3 is 11.9 Å². The monoisotopic (exact) mass is 396 g/mol. The molecule has 1 heterocycles. The quantitative estimate of drug-likeness (QED) is 0.330. The number of benzene rings is 1. The normalized spacial score (nSPS) is 18.6. The van der Waals surface area contributed by atoms with Gasteiger partial charge < -0.3 is 18.9 Å². The summed E-state index contributed by atoms with van der Waals surface area (Å²) in [6, 6.07) is 9.31. The van der Waals surface area contributed by atoms with Crippen molar-refractivity contribution in [3.8, 4) is 11.8 Å². The van der Waals surface area contributed by atoms with E-state index in [2.05, 4.69) is 17.9 Å². The topological polar surface area (TPSA) is 71.1 Å². The zero-order valence-corrected chi connectivity index (χ0v) is 16.4. The molecule has 1 atom stereocenters. The first-order valence-corrected chi connectivity index (χ1v) is 9.63. The highest BCUT2D eigenvalue weighted by molar-refractivity contribution is 5.88. The summed E-state index contributed by atoms with van der Waals surface area (Å²) in [6.07, 6.45) is 6.66. The summed E-state index contributed by atoms with van der Waals surface area (Å²) in [5.41, 5.74) is 1.85. The van der Waals surface area contributed by atoms with E-state index in [9.17, 15) is 9.59 Å². The van der Waals surface area contributed by atoms with Crippen molar-refractivity contribution >= 4 is 11.9 Å². The van der Waals surface area contributed by atoms with Gasteiger partial charge in [0.1, 0.15) is 6.61 Å².